The van der Waals surface area contributed by atoms with Gasteiger partial charge in [0.1, 0.15) is 12.9 Å². The van der Waals surface area contributed by atoms with Crippen molar-refractivity contribution in [2.75, 3.05) is 44.8 Å². The molecule has 188 valence electrons. The molecule has 0 spiro atoms. The molecule has 0 atom stereocenters. The number of amides is 2. The van der Waals surface area contributed by atoms with Gasteiger partial charge >= 0.3 is 0 Å². The Labute approximate surface area is 216 Å². The maximum atomic E-state index is 13.5. The van der Waals surface area contributed by atoms with Crippen LogP contribution in [0.2, 0.25) is 5.02 Å². The second-order valence-electron chi connectivity index (χ2n) is 8.72. The van der Waals surface area contributed by atoms with Crippen molar-refractivity contribution in [1.29, 1.82) is 0 Å². The lowest BCUT2D eigenvalue weighted by Crippen LogP contribution is -2.38. The summed E-state index contributed by atoms with van der Waals surface area (Å²) in [6.07, 6.45) is 5.22. The van der Waals surface area contributed by atoms with Gasteiger partial charge in [-0.2, -0.15) is 0 Å². The van der Waals surface area contributed by atoms with Crippen LogP contribution in [0.3, 0.4) is 0 Å². The van der Waals surface area contributed by atoms with Crippen LogP contribution < -0.4 is 4.90 Å². The summed E-state index contributed by atoms with van der Waals surface area (Å²) in [5.41, 5.74) is 3.16. The predicted octanol–water partition coefficient (Wildman–Crippen LogP) is 3.66. The summed E-state index contributed by atoms with van der Waals surface area (Å²) in [7, 11) is 1.51. The van der Waals surface area contributed by atoms with E-state index in [9.17, 15) is 9.59 Å². The number of halogens is 1. The van der Waals surface area contributed by atoms with Gasteiger partial charge in [-0.05, 0) is 29.7 Å². The summed E-state index contributed by atoms with van der Waals surface area (Å²) < 4.78 is 5.16. The van der Waals surface area contributed by atoms with Crippen LogP contribution in [-0.2, 0) is 22.6 Å². The van der Waals surface area contributed by atoms with E-state index in [1.54, 1.807) is 21.9 Å². The number of benzene rings is 2. The number of carbonyl (C=O) groups excluding carboxylic acids is 2. The fourth-order valence-electron chi connectivity index (χ4n) is 4.38. The lowest BCUT2D eigenvalue weighted by atomic mass is 10.1. The highest BCUT2D eigenvalue weighted by atomic mass is 35.5. The number of methoxy groups -OCH3 is 1. The molecule has 2 heterocycles. The first-order valence-corrected chi connectivity index (χ1v) is 12.3. The van der Waals surface area contributed by atoms with Crippen molar-refractivity contribution in [3.8, 4) is 0 Å². The first-order chi connectivity index (χ1) is 17.5. The number of anilines is 1. The number of carbonyl (C=O) groups is 2. The molecule has 0 saturated heterocycles. The summed E-state index contributed by atoms with van der Waals surface area (Å²) >= 11 is 6.36. The standard InChI is InChI=1S/C27H30ClN5O3/c1-36-19-26(34)33-11-5-10-31(17-21-6-3-2-4-7-21)12-13-32(27(35)23-15-29-20-30-16-23)18-22-8-9-24(28)14-25(22)33/h2-4,6-9,14-16,20H,5,10-13,17-19H2,1H3. The summed E-state index contributed by atoms with van der Waals surface area (Å²) in [6.45, 7) is 3.50. The van der Waals surface area contributed by atoms with Crippen LogP contribution in [0.1, 0.15) is 27.9 Å². The highest BCUT2D eigenvalue weighted by Gasteiger charge is 2.25. The van der Waals surface area contributed by atoms with E-state index in [4.69, 9.17) is 16.3 Å². The van der Waals surface area contributed by atoms with Gasteiger partial charge in [0.2, 0.25) is 0 Å². The van der Waals surface area contributed by atoms with Crippen LogP contribution in [0.4, 0.5) is 5.69 Å². The lowest BCUT2D eigenvalue weighted by molar-refractivity contribution is -0.122. The topological polar surface area (TPSA) is 78.9 Å². The number of hydrogen-bond acceptors (Lipinski definition) is 6. The van der Waals surface area contributed by atoms with Crippen molar-refractivity contribution in [3.05, 3.63) is 89.0 Å². The maximum absolute atomic E-state index is 13.5. The van der Waals surface area contributed by atoms with E-state index in [2.05, 4.69) is 27.0 Å². The highest BCUT2D eigenvalue weighted by Crippen LogP contribution is 2.28. The van der Waals surface area contributed by atoms with E-state index in [-0.39, 0.29) is 18.4 Å². The van der Waals surface area contributed by atoms with E-state index in [0.29, 0.717) is 42.5 Å². The van der Waals surface area contributed by atoms with Crippen LogP contribution in [0.5, 0.6) is 0 Å². The average molecular weight is 508 g/mol. The zero-order chi connectivity index (χ0) is 25.3. The molecule has 1 aromatic heterocycles. The molecule has 3 aromatic rings. The first kappa shape index (κ1) is 25.8. The Hall–Kier alpha value is -3.33. The van der Waals surface area contributed by atoms with Crippen LogP contribution in [-0.4, -0.2) is 71.5 Å². The predicted molar refractivity (Wildman–Crippen MR) is 139 cm³/mol. The number of rotatable bonds is 5. The molecule has 0 radical (unpaired) electrons. The van der Waals surface area contributed by atoms with Crippen molar-refractivity contribution < 1.29 is 14.3 Å². The second-order valence-corrected chi connectivity index (χ2v) is 9.16. The largest absolute Gasteiger partial charge is 0.375 e. The molecular weight excluding hydrogens is 478 g/mol. The Kier molecular flexibility index (Phi) is 9.00. The molecule has 0 saturated carbocycles. The molecular formula is C27H30ClN5O3. The molecule has 1 aliphatic rings. The van der Waals surface area contributed by atoms with Crippen molar-refractivity contribution in [2.45, 2.75) is 19.5 Å². The van der Waals surface area contributed by atoms with Gasteiger partial charge in [0.15, 0.2) is 0 Å². The van der Waals surface area contributed by atoms with Crippen molar-refractivity contribution in [3.63, 3.8) is 0 Å². The molecule has 2 amide bonds. The minimum absolute atomic E-state index is 0.0380. The molecule has 9 heteroatoms. The van der Waals surface area contributed by atoms with Gasteiger partial charge in [-0.3, -0.25) is 14.5 Å². The average Bonchev–Trinajstić information content (AvgIpc) is 2.93. The molecule has 36 heavy (non-hydrogen) atoms. The van der Waals surface area contributed by atoms with E-state index in [1.165, 1.54) is 31.4 Å². The van der Waals surface area contributed by atoms with Crippen molar-refractivity contribution >= 4 is 29.1 Å². The van der Waals surface area contributed by atoms with Crippen LogP contribution >= 0.6 is 11.6 Å². The lowest BCUT2D eigenvalue weighted by Gasteiger charge is -2.28. The van der Waals surface area contributed by atoms with E-state index < -0.39 is 0 Å². The maximum Gasteiger partial charge on any atom is 0.257 e. The minimum atomic E-state index is -0.162. The van der Waals surface area contributed by atoms with Gasteiger partial charge in [0, 0.05) is 63.8 Å². The number of fused-ring (bicyclic) bond motifs is 1. The molecule has 0 fully saturated rings. The van der Waals surface area contributed by atoms with Gasteiger partial charge in [-0.1, -0.05) is 48.0 Å². The Morgan fingerprint density at radius 1 is 1.00 bits per heavy atom. The van der Waals surface area contributed by atoms with Crippen LogP contribution in [0, 0.1) is 0 Å². The molecule has 0 bridgehead atoms. The van der Waals surface area contributed by atoms with Gasteiger partial charge in [0.05, 0.1) is 11.3 Å². The summed E-state index contributed by atoms with van der Waals surface area (Å²) in [4.78, 5) is 40.5. The van der Waals surface area contributed by atoms with Crippen molar-refractivity contribution in [2.24, 2.45) is 0 Å². The Bertz CT molecular complexity index is 1160. The van der Waals surface area contributed by atoms with Gasteiger partial charge in [0.25, 0.3) is 11.8 Å². The summed E-state index contributed by atoms with van der Waals surface area (Å²) in [5, 5.41) is 0.527. The SMILES string of the molecule is COCC(=O)N1CCCN(Cc2ccccc2)CCN(C(=O)c2cncnc2)Cc2ccc(Cl)cc21. The first-order valence-electron chi connectivity index (χ1n) is 11.9. The molecule has 0 unspecified atom stereocenters. The van der Waals surface area contributed by atoms with Crippen molar-refractivity contribution in [1.82, 2.24) is 19.8 Å². The monoisotopic (exact) mass is 507 g/mol. The van der Waals surface area contributed by atoms with E-state index in [1.807, 2.05) is 24.3 Å². The van der Waals surface area contributed by atoms with Gasteiger partial charge in [-0.15, -0.1) is 0 Å². The zero-order valence-corrected chi connectivity index (χ0v) is 21.1. The zero-order valence-electron chi connectivity index (χ0n) is 20.3. The van der Waals surface area contributed by atoms with Gasteiger partial charge in [-0.25, -0.2) is 9.97 Å². The van der Waals surface area contributed by atoms with Gasteiger partial charge < -0.3 is 14.5 Å². The quantitative estimate of drug-likeness (QED) is 0.524. The summed E-state index contributed by atoms with van der Waals surface area (Å²) in [6, 6.07) is 15.7. The minimum Gasteiger partial charge on any atom is -0.375 e. The van der Waals surface area contributed by atoms with E-state index in [0.717, 1.165) is 25.1 Å². The molecule has 4 rings (SSSR count). The molecule has 0 aliphatic carbocycles. The second kappa shape index (κ2) is 12.6. The third kappa shape index (κ3) is 6.66. The van der Waals surface area contributed by atoms with E-state index >= 15 is 0 Å². The molecule has 8 nitrogen and oxygen atoms in total. The molecule has 0 N–H and O–H groups in total. The highest BCUT2D eigenvalue weighted by molar-refractivity contribution is 6.31. The Morgan fingerprint density at radius 3 is 2.53 bits per heavy atom. The van der Waals surface area contributed by atoms with Crippen LogP contribution in [0.25, 0.3) is 0 Å². The number of aromatic nitrogens is 2. The smallest absolute Gasteiger partial charge is 0.257 e. The third-order valence-electron chi connectivity index (χ3n) is 6.15. The molecule has 2 aromatic carbocycles. The normalized spacial score (nSPS) is 15.2. The Balaban J connectivity index is 1.69. The Morgan fingerprint density at radius 2 is 1.78 bits per heavy atom. The molecule has 1 aliphatic heterocycles. The van der Waals surface area contributed by atoms with Crippen LogP contribution in [0.15, 0.2) is 67.3 Å². The summed E-state index contributed by atoms with van der Waals surface area (Å²) in [5.74, 6) is -0.311. The fraction of sp³-hybridized carbons (Fsp3) is 0.333. The number of hydrogen-bond donors (Lipinski definition) is 0. The number of nitrogens with zero attached hydrogens (tertiary/aromatic N) is 5. The number of ether oxygens (including phenoxy) is 1. The third-order valence-corrected chi connectivity index (χ3v) is 6.39. The fourth-order valence-corrected chi connectivity index (χ4v) is 4.55.